The Morgan fingerprint density at radius 3 is 2.66 bits per heavy atom. The van der Waals surface area contributed by atoms with Crippen molar-refractivity contribution in [3.63, 3.8) is 0 Å². The number of piperidine rings is 1. The molecule has 0 spiro atoms. The van der Waals surface area contributed by atoms with Crippen LogP contribution < -0.4 is 15.4 Å². The van der Waals surface area contributed by atoms with E-state index < -0.39 is 11.6 Å². The van der Waals surface area contributed by atoms with Crippen LogP contribution in [0.25, 0.3) is 5.69 Å². The molecule has 2 aliphatic rings. The molecule has 9 nitrogen and oxygen atoms in total. The number of aromatic nitrogens is 2. The van der Waals surface area contributed by atoms with Gasteiger partial charge in [0.1, 0.15) is 11.3 Å². The van der Waals surface area contributed by atoms with Gasteiger partial charge in [0.05, 0.1) is 12.8 Å². The lowest BCUT2D eigenvalue weighted by Gasteiger charge is -2.39. The number of imide groups is 1. The Bertz CT molecular complexity index is 954. The van der Waals surface area contributed by atoms with Crippen LogP contribution >= 0.6 is 0 Å². The number of methoxy groups -OCH3 is 1. The van der Waals surface area contributed by atoms with E-state index in [-0.39, 0.29) is 17.7 Å². The van der Waals surface area contributed by atoms with Gasteiger partial charge >= 0.3 is 6.03 Å². The summed E-state index contributed by atoms with van der Waals surface area (Å²) in [5, 5.41) is 9.42. The summed E-state index contributed by atoms with van der Waals surface area (Å²) in [5.74, 6) is 0.0595. The van der Waals surface area contributed by atoms with E-state index in [0.717, 1.165) is 24.3 Å². The summed E-state index contributed by atoms with van der Waals surface area (Å²) < 4.78 is 6.80. The van der Waals surface area contributed by atoms with Crippen molar-refractivity contribution >= 4 is 17.8 Å². The molecule has 0 radical (unpaired) electrons. The van der Waals surface area contributed by atoms with Crippen molar-refractivity contribution in [2.75, 3.05) is 20.2 Å². The molecule has 1 aromatic carbocycles. The number of nitrogens with zero attached hydrogens (tertiary/aromatic N) is 3. The third-order valence-corrected chi connectivity index (χ3v) is 5.74. The standard InChI is InChI=1S/C20H23N5O4/c1-20(18(27)21-19(28)22-20)13-4-3-10-24(12-13)17(26)16-9-11-25(23-16)14-5-7-15(29-2)8-6-14/h5-9,11,13H,3-4,10,12H2,1-2H3,(H2,21,22,27,28)/t13-,20-/m0/s1. The van der Waals surface area contributed by atoms with Crippen LogP contribution in [0.2, 0.25) is 0 Å². The molecule has 2 aliphatic heterocycles. The molecule has 0 aliphatic carbocycles. The summed E-state index contributed by atoms with van der Waals surface area (Å²) in [6.07, 6.45) is 3.25. The van der Waals surface area contributed by atoms with Gasteiger partial charge in [-0.25, -0.2) is 9.48 Å². The Kier molecular flexibility index (Phi) is 4.73. The van der Waals surface area contributed by atoms with Crippen LogP contribution in [0.1, 0.15) is 30.3 Å². The maximum atomic E-state index is 13.0. The Morgan fingerprint density at radius 2 is 2.00 bits per heavy atom. The fourth-order valence-electron chi connectivity index (χ4n) is 3.96. The first-order valence-electron chi connectivity index (χ1n) is 9.53. The largest absolute Gasteiger partial charge is 0.497 e. The zero-order chi connectivity index (χ0) is 20.6. The quantitative estimate of drug-likeness (QED) is 0.758. The summed E-state index contributed by atoms with van der Waals surface area (Å²) >= 11 is 0. The molecule has 4 amide bonds. The number of nitrogens with one attached hydrogen (secondary N) is 2. The number of rotatable bonds is 4. The minimum Gasteiger partial charge on any atom is -0.497 e. The van der Waals surface area contributed by atoms with Crippen LogP contribution in [-0.2, 0) is 4.79 Å². The molecule has 2 N–H and O–H groups in total. The molecule has 2 atom stereocenters. The van der Waals surface area contributed by atoms with Crippen LogP contribution in [0.15, 0.2) is 36.5 Å². The SMILES string of the molecule is COc1ccc(-n2ccc(C(=O)N3CCC[C@H]([C@]4(C)NC(=O)NC4=O)C3)n2)cc1. The molecule has 4 rings (SSSR count). The van der Waals surface area contributed by atoms with E-state index in [1.54, 1.807) is 35.9 Å². The maximum Gasteiger partial charge on any atom is 0.322 e. The Balaban J connectivity index is 1.49. The number of ether oxygens (including phenoxy) is 1. The van der Waals surface area contributed by atoms with Crippen molar-refractivity contribution in [2.24, 2.45) is 5.92 Å². The zero-order valence-electron chi connectivity index (χ0n) is 16.3. The third kappa shape index (κ3) is 3.43. The lowest BCUT2D eigenvalue weighted by atomic mass is 9.80. The second-order valence-electron chi connectivity index (χ2n) is 7.54. The number of benzene rings is 1. The first-order chi connectivity index (χ1) is 13.9. The Labute approximate surface area is 168 Å². The molecule has 2 fully saturated rings. The minimum atomic E-state index is -1.00. The molecule has 1 aromatic heterocycles. The molecular weight excluding hydrogens is 374 g/mol. The Morgan fingerprint density at radius 1 is 1.24 bits per heavy atom. The molecule has 2 saturated heterocycles. The van der Waals surface area contributed by atoms with E-state index in [4.69, 9.17) is 4.74 Å². The average molecular weight is 397 g/mol. The molecule has 0 saturated carbocycles. The lowest BCUT2D eigenvalue weighted by Crippen LogP contribution is -2.56. The van der Waals surface area contributed by atoms with Crippen LogP contribution in [0.3, 0.4) is 0 Å². The molecule has 0 bridgehead atoms. The number of carbonyl (C=O) groups excluding carboxylic acids is 3. The monoisotopic (exact) mass is 397 g/mol. The molecular formula is C20H23N5O4. The summed E-state index contributed by atoms with van der Waals surface area (Å²) in [6, 6.07) is 8.57. The van der Waals surface area contributed by atoms with E-state index in [2.05, 4.69) is 15.7 Å². The summed E-state index contributed by atoms with van der Waals surface area (Å²) in [7, 11) is 1.60. The van der Waals surface area contributed by atoms with Crippen LogP contribution in [0, 0.1) is 5.92 Å². The number of amides is 4. The van der Waals surface area contributed by atoms with Gasteiger partial charge in [0.25, 0.3) is 11.8 Å². The summed E-state index contributed by atoms with van der Waals surface area (Å²) in [6.45, 7) is 2.69. The fraction of sp³-hybridized carbons (Fsp3) is 0.400. The van der Waals surface area contributed by atoms with Crippen molar-refractivity contribution in [3.05, 3.63) is 42.2 Å². The second-order valence-corrected chi connectivity index (χ2v) is 7.54. The predicted octanol–water partition coefficient (Wildman–Crippen LogP) is 1.33. The van der Waals surface area contributed by atoms with Crippen LogP contribution in [-0.4, -0.2) is 58.3 Å². The lowest BCUT2D eigenvalue weighted by molar-refractivity contribution is -0.125. The number of urea groups is 1. The first kappa shape index (κ1) is 19.0. The van der Waals surface area contributed by atoms with Gasteiger partial charge in [0.15, 0.2) is 5.69 Å². The smallest absolute Gasteiger partial charge is 0.322 e. The maximum absolute atomic E-state index is 13.0. The molecule has 29 heavy (non-hydrogen) atoms. The average Bonchev–Trinajstić information content (AvgIpc) is 3.32. The van der Waals surface area contributed by atoms with Crippen molar-refractivity contribution in [2.45, 2.75) is 25.3 Å². The molecule has 0 unspecified atom stereocenters. The number of hydrogen-bond donors (Lipinski definition) is 2. The molecule has 9 heteroatoms. The van der Waals surface area contributed by atoms with Gasteiger partial charge in [0.2, 0.25) is 0 Å². The minimum absolute atomic E-state index is 0.157. The van der Waals surface area contributed by atoms with E-state index in [9.17, 15) is 14.4 Å². The molecule has 152 valence electrons. The highest BCUT2D eigenvalue weighted by Crippen LogP contribution is 2.30. The van der Waals surface area contributed by atoms with Crippen molar-refractivity contribution in [3.8, 4) is 11.4 Å². The first-order valence-corrected chi connectivity index (χ1v) is 9.53. The fourth-order valence-corrected chi connectivity index (χ4v) is 3.96. The van der Waals surface area contributed by atoms with Crippen molar-refractivity contribution in [1.82, 2.24) is 25.3 Å². The van der Waals surface area contributed by atoms with Gasteiger partial charge in [-0.05, 0) is 50.1 Å². The summed E-state index contributed by atoms with van der Waals surface area (Å²) in [5.41, 5.74) is 0.157. The van der Waals surface area contributed by atoms with E-state index >= 15 is 0 Å². The van der Waals surface area contributed by atoms with Gasteiger partial charge in [-0.1, -0.05) is 0 Å². The number of hydrogen-bond acceptors (Lipinski definition) is 5. The van der Waals surface area contributed by atoms with E-state index in [0.29, 0.717) is 18.8 Å². The second kappa shape index (κ2) is 7.23. The highest BCUT2D eigenvalue weighted by Gasteiger charge is 2.49. The van der Waals surface area contributed by atoms with Gasteiger partial charge in [-0.2, -0.15) is 5.10 Å². The molecule has 2 aromatic rings. The van der Waals surface area contributed by atoms with Crippen molar-refractivity contribution < 1.29 is 19.1 Å². The Hall–Kier alpha value is -3.36. The number of carbonyl (C=O) groups is 3. The van der Waals surface area contributed by atoms with E-state index in [1.807, 2.05) is 24.3 Å². The zero-order valence-corrected chi connectivity index (χ0v) is 16.3. The van der Waals surface area contributed by atoms with Crippen LogP contribution in [0.5, 0.6) is 5.75 Å². The van der Waals surface area contributed by atoms with Crippen LogP contribution in [0.4, 0.5) is 4.79 Å². The normalized spacial score (nSPS) is 24.2. The third-order valence-electron chi connectivity index (χ3n) is 5.74. The van der Waals surface area contributed by atoms with Gasteiger partial charge < -0.3 is 15.0 Å². The van der Waals surface area contributed by atoms with Crippen molar-refractivity contribution in [1.29, 1.82) is 0 Å². The van der Waals surface area contributed by atoms with Gasteiger partial charge in [0, 0.05) is 25.2 Å². The topological polar surface area (TPSA) is 106 Å². The molecule has 3 heterocycles. The van der Waals surface area contributed by atoms with Gasteiger partial charge in [-0.15, -0.1) is 0 Å². The highest BCUT2D eigenvalue weighted by atomic mass is 16.5. The van der Waals surface area contributed by atoms with E-state index in [1.165, 1.54) is 0 Å². The number of likely N-dealkylation sites (tertiary alicyclic amines) is 1. The summed E-state index contributed by atoms with van der Waals surface area (Å²) in [4.78, 5) is 38.5. The highest BCUT2D eigenvalue weighted by molar-refractivity contribution is 6.07. The van der Waals surface area contributed by atoms with Gasteiger partial charge in [-0.3, -0.25) is 14.9 Å². The predicted molar refractivity (Wildman–Crippen MR) is 104 cm³/mol.